The number of amides is 5. The third-order valence-electron chi connectivity index (χ3n) is 7.03. The van der Waals surface area contributed by atoms with E-state index in [-0.39, 0.29) is 29.9 Å². The van der Waals surface area contributed by atoms with Gasteiger partial charge in [-0.15, -0.1) is 0 Å². The van der Waals surface area contributed by atoms with Gasteiger partial charge in [-0.25, -0.2) is 0 Å². The Kier molecular flexibility index (Phi) is 11.5. The van der Waals surface area contributed by atoms with Crippen molar-refractivity contribution in [2.45, 2.75) is 77.5 Å². The number of nitrogens with two attached hydrogens (primary N) is 1. The van der Waals surface area contributed by atoms with Gasteiger partial charge in [-0.05, 0) is 43.4 Å². The third kappa shape index (κ3) is 8.95. The SMILES string of the molecule is CC(NC(=O)C(Cc1ccc(O)cc1)NC(=O)C(CC(=O)O)NC(=O)C1CCCN1C(=O)C(C)C(C)C)C(N)=O. The molecule has 1 heterocycles. The van der Waals surface area contributed by atoms with E-state index in [0.29, 0.717) is 24.9 Å². The van der Waals surface area contributed by atoms with Crippen molar-refractivity contribution in [1.82, 2.24) is 20.9 Å². The van der Waals surface area contributed by atoms with E-state index >= 15 is 0 Å². The second-order valence-electron chi connectivity index (χ2n) is 10.4. The smallest absolute Gasteiger partial charge is 0.305 e. The number of phenols is 1. The fourth-order valence-corrected chi connectivity index (χ4v) is 4.24. The van der Waals surface area contributed by atoms with Crippen LogP contribution in [0.4, 0.5) is 0 Å². The Hall–Kier alpha value is -4.16. The first-order valence-electron chi connectivity index (χ1n) is 13.2. The lowest BCUT2D eigenvalue weighted by Gasteiger charge is -2.29. The van der Waals surface area contributed by atoms with Gasteiger partial charge in [0.2, 0.25) is 29.5 Å². The summed E-state index contributed by atoms with van der Waals surface area (Å²) < 4.78 is 0. The lowest BCUT2D eigenvalue weighted by Crippen LogP contribution is -2.58. The monoisotopic (exact) mass is 561 g/mol. The molecule has 2 rings (SSSR count). The van der Waals surface area contributed by atoms with Crippen molar-refractivity contribution in [3.63, 3.8) is 0 Å². The highest BCUT2D eigenvalue weighted by Crippen LogP contribution is 2.23. The van der Waals surface area contributed by atoms with E-state index in [1.165, 1.54) is 36.1 Å². The van der Waals surface area contributed by atoms with Crippen molar-refractivity contribution in [2.75, 3.05) is 6.54 Å². The van der Waals surface area contributed by atoms with Crippen LogP contribution in [0, 0.1) is 11.8 Å². The molecule has 0 aromatic heterocycles. The minimum atomic E-state index is -1.55. The Labute approximate surface area is 232 Å². The summed E-state index contributed by atoms with van der Waals surface area (Å²) in [6, 6.07) is 1.10. The molecule has 5 amide bonds. The molecule has 5 atom stereocenters. The second kappa shape index (κ2) is 14.3. The number of rotatable bonds is 13. The average Bonchev–Trinajstić information content (AvgIpc) is 3.37. The summed E-state index contributed by atoms with van der Waals surface area (Å²) in [4.78, 5) is 76.8. The molecular formula is C27H39N5O8. The van der Waals surface area contributed by atoms with Gasteiger partial charge in [0, 0.05) is 18.9 Å². The molecular weight excluding hydrogens is 522 g/mol. The molecule has 7 N–H and O–H groups in total. The largest absolute Gasteiger partial charge is 0.508 e. The highest BCUT2D eigenvalue weighted by atomic mass is 16.4. The lowest BCUT2D eigenvalue weighted by atomic mass is 9.96. The van der Waals surface area contributed by atoms with Crippen LogP contribution in [0.15, 0.2) is 24.3 Å². The fraction of sp³-hybridized carbons (Fsp3) is 0.556. The fourth-order valence-electron chi connectivity index (χ4n) is 4.24. The van der Waals surface area contributed by atoms with E-state index in [1.54, 1.807) is 6.92 Å². The van der Waals surface area contributed by atoms with Crippen LogP contribution in [0.3, 0.4) is 0 Å². The lowest BCUT2D eigenvalue weighted by molar-refractivity contribution is -0.144. The van der Waals surface area contributed by atoms with Gasteiger partial charge in [-0.3, -0.25) is 28.8 Å². The maximum atomic E-state index is 13.2. The predicted octanol–water partition coefficient (Wildman–Crippen LogP) is -0.348. The van der Waals surface area contributed by atoms with Gasteiger partial charge < -0.3 is 36.8 Å². The van der Waals surface area contributed by atoms with Gasteiger partial charge >= 0.3 is 5.97 Å². The summed E-state index contributed by atoms with van der Waals surface area (Å²) in [7, 11) is 0. The number of hydrogen-bond acceptors (Lipinski definition) is 7. The first kappa shape index (κ1) is 32.1. The van der Waals surface area contributed by atoms with Gasteiger partial charge in [0.1, 0.15) is 29.9 Å². The Balaban J connectivity index is 2.23. The van der Waals surface area contributed by atoms with Gasteiger partial charge in [-0.2, -0.15) is 0 Å². The van der Waals surface area contributed by atoms with Crippen molar-refractivity contribution in [3.05, 3.63) is 29.8 Å². The van der Waals surface area contributed by atoms with Gasteiger partial charge in [0.25, 0.3) is 0 Å². The molecule has 40 heavy (non-hydrogen) atoms. The number of likely N-dealkylation sites (tertiary alicyclic amines) is 1. The van der Waals surface area contributed by atoms with Crippen molar-refractivity contribution in [3.8, 4) is 5.75 Å². The van der Waals surface area contributed by atoms with Crippen LogP contribution in [0.5, 0.6) is 5.75 Å². The molecule has 1 aromatic carbocycles. The van der Waals surface area contributed by atoms with E-state index in [9.17, 15) is 39.0 Å². The number of carbonyl (C=O) groups is 6. The summed E-state index contributed by atoms with van der Waals surface area (Å²) in [6.45, 7) is 7.31. The maximum Gasteiger partial charge on any atom is 0.305 e. The Bertz CT molecular complexity index is 1110. The number of nitrogens with zero attached hydrogens (tertiary/aromatic N) is 1. The minimum absolute atomic E-state index is 0.0115. The first-order chi connectivity index (χ1) is 18.7. The van der Waals surface area contributed by atoms with Crippen LogP contribution in [0.25, 0.3) is 0 Å². The molecule has 13 nitrogen and oxygen atoms in total. The number of primary amides is 1. The number of carboxylic acid groups (broad SMARTS) is 1. The van der Waals surface area contributed by atoms with Gasteiger partial charge in [0.15, 0.2) is 0 Å². The highest BCUT2D eigenvalue weighted by Gasteiger charge is 2.38. The number of hydrogen-bond donors (Lipinski definition) is 6. The Morgan fingerprint density at radius 2 is 1.55 bits per heavy atom. The van der Waals surface area contributed by atoms with E-state index in [4.69, 9.17) is 5.73 Å². The van der Waals surface area contributed by atoms with Crippen molar-refractivity contribution < 1.29 is 39.0 Å². The molecule has 1 aliphatic rings. The molecule has 13 heteroatoms. The van der Waals surface area contributed by atoms with Crippen LogP contribution < -0.4 is 21.7 Å². The van der Waals surface area contributed by atoms with E-state index in [0.717, 1.165) is 0 Å². The molecule has 0 spiro atoms. The zero-order valence-corrected chi connectivity index (χ0v) is 23.2. The average molecular weight is 562 g/mol. The highest BCUT2D eigenvalue weighted by molar-refractivity contribution is 5.97. The molecule has 0 saturated carbocycles. The van der Waals surface area contributed by atoms with Crippen LogP contribution in [0.2, 0.25) is 0 Å². The van der Waals surface area contributed by atoms with Gasteiger partial charge in [0.05, 0.1) is 6.42 Å². The number of aliphatic carboxylic acids is 1. The van der Waals surface area contributed by atoms with Crippen molar-refractivity contribution >= 4 is 35.5 Å². The zero-order valence-electron chi connectivity index (χ0n) is 23.2. The van der Waals surface area contributed by atoms with Gasteiger partial charge in [-0.1, -0.05) is 32.9 Å². The quantitative estimate of drug-likeness (QED) is 0.187. The number of benzene rings is 1. The molecule has 220 valence electrons. The molecule has 1 aliphatic heterocycles. The normalized spacial score (nSPS) is 17.8. The molecule has 0 bridgehead atoms. The summed E-state index contributed by atoms with van der Waals surface area (Å²) in [5.74, 6) is -5.01. The van der Waals surface area contributed by atoms with E-state index in [2.05, 4.69) is 16.0 Å². The molecule has 5 unspecified atom stereocenters. The number of carboxylic acids is 1. The minimum Gasteiger partial charge on any atom is -0.508 e. The van der Waals surface area contributed by atoms with Crippen LogP contribution >= 0.6 is 0 Å². The number of aromatic hydroxyl groups is 1. The second-order valence-corrected chi connectivity index (χ2v) is 10.4. The zero-order chi connectivity index (χ0) is 30.1. The summed E-state index contributed by atoms with van der Waals surface area (Å²) >= 11 is 0. The maximum absolute atomic E-state index is 13.2. The number of phenolic OH excluding ortho intramolecular Hbond substituents is 1. The van der Waals surface area contributed by atoms with Crippen molar-refractivity contribution in [2.24, 2.45) is 17.6 Å². The molecule has 1 aromatic rings. The summed E-state index contributed by atoms with van der Waals surface area (Å²) in [5.41, 5.74) is 5.78. The summed E-state index contributed by atoms with van der Waals surface area (Å²) in [6.07, 6.45) is 0.0962. The molecule has 0 radical (unpaired) electrons. The molecule has 1 saturated heterocycles. The summed E-state index contributed by atoms with van der Waals surface area (Å²) in [5, 5.41) is 26.3. The molecule has 0 aliphatic carbocycles. The third-order valence-corrected chi connectivity index (χ3v) is 7.03. The molecule has 1 fully saturated rings. The van der Waals surface area contributed by atoms with E-state index in [1.807, 2.05) is 13.8 Å². The van der Waals surface area contributed by atoms with Crippen LogP contribution in [0.1, 0.15) is 52.5 Å². The van der Waals surface area contributed by atoms with Crippen molar-refractivity contribution in [1.29, 1.82) is 0 Å². The predicted molar refractivity (Wildman–Crippen MR) is 143 cm³/mol. The number of carbonyl (C=O) groups excluding carboxylic acids is 5. The standard InChI is InChI=1S/C27H39N5O8/c1-14(2)15(3)27(40)32-11-5-6-21(32)26(39)31-20(13-22(34)35)25(38)30-19(24(37)29-16(4)23(28)36)12-17-7-9-18(33)10-8-17/h7-10,14-16,19-21,33H,5-6,11-13H2,1-4H3,(H2,28,36)(H,29,37)(H,30,38)(H,31,39)(H,34,35). The van der Waals surface area contributed by atoms with Crippen LogP contribution in [-0.2, 0) is 35.2 Å². The number of nitrogens with one attached hydrogen (secondary N) is 3. The van der Waals surface area contributed by atoms with E-state index < -0.39 is 60.2 Å². The van der Waals surface area contributed by atoms with Crippen LogP contribution in [-0.4, -0.2) is 81.3 Å². The Morgan fingerprint density at radius 1 is 0.950 bits per heavy atom. The first-order valence-corrected chi connectivity index (χ1v) is 13.2. The topological polar surface area (TPSA) is 208 Å². The Morgan fingerprint density at radius 3 is 2.10 bits per heavy atom.